The van der Waals surface area contributed by atoms with Gasteiger partial charge in [0.1, 0.15) is 0 Å². The lowest BCUT2D eigenvalue weighted by molar-refractivity contribution is -0.116. The number of ether oxygens (including phenoxy) is 1. The fraction of sp³-hybridized carbons (Fsp3) is 0.533. The van der Waals surface area contributed by atoms with Gasteiger partial charge in [0.2, 0.25) is 15.9 Å². The predicted molar refractivity (Wildman–Crippen MR) is 92.3 cm³/mol. The zero-order valence-electron chi connectivity index (χ0n) is 13.6. The standard InChI is InChI=1S/C15H23ClN2O4S/c1-12-5-6-13(16)11-14(12)17-15(19)7-9-18(23(3,20)21)8-4-10-22-2/h5-6,11H,4,7-10H2,1-3H3,(H,17,19). The van der Waals surface area contributed by atoms with Crippen LogP contribution in [0.3, 0.4) is 0 Å². The van der Waals surface area contributed by atoms with E-state index in [0.29, 0.717) is 30.3 Å². The Hall–Kier alpha value is -1.15. The van der Waals surface area contributed by atoms with Crippen molar-refractivity contribution in [2.24, 2.45) is 0 Å². The normalized spacial score (nSPS) is 11.7. The summed E-state index contributed by atoms with van der Waals surface area (Å²) in [7, 11) is -1.79. The molecule has 0 saturated heterocycles. The highest BCUT2D eigenvalue weighted by atomic mass is 35.5. The van der Waals surface area contributed by atoms with Gasteiger partial charge in [0.15, 0.2) is 0 Å². The Labute approximate surface area is 142 Å². The molecule has 23 heavy (non-hydrogen) atoms. The van der Waals surface area contributed by atoms with E-state index in [2.05, 4.69) is 5.32 Å². The van der Waals surface area contributed by atoms with Crippen molar-refractivity contribution in [2.75, 3.05) is 38.4 Å². The van der Waals surface area contributed by atoms with Crippen LogP contribution in [0, 0.1) is 6.92 Å². The van der Waals surface area contributed by atoms with Gasteiger partial charge in [0.25, 0.3) is 0 Å². The molecule has 6 nitrogen and oxygen atoms in total. The lowest BCUT2D eigenvalue weighted by Crippen LogP contribution is -2.34. The fourth-order valence-electron chi connectivity index (χ4n) is 2.00. The summed E-state index contributed by atoms with van der Waals surface area (Å²) in [5.74, 6) is -0.254. The Morgan fingerprint density at radius 3 is 2.65 bits per heavy atom. The van der Waals surface area contributed by atoms with Crippen LogP contribution >= 0.6 is 11.6 Å². The number of nitrogens with one attached hydrogen (secondary N) is 1. The molecule has 8 heteroatoms. The number of benzene rings is 1. The first-order valence-corrected chi connectivity index (χ1v) is 9.46. The maximum absolute atomic E-state index is 12.0. The van der Waals surface area contributed by atoms with E-state index < -0.39 is 10.0 Å². The van der Waals surface area contributed by atoms with Crippen LogP contribution in [-0.2, 0) is 19.6 Å². The van der Waals surface area contributed by atoms with Crippen molar-refractivity contribution in [3.05, 3.63) is 28.8 Å². The average Bonchev–Trinajstić information content (AvgIpc) is 2.45. The summed E-state index contributed by atoms with van der Waals surface area (Å²) in [6.45, 7) is 2.80. The molecule has 1 aromatic rings. The Morgan fingerprint density at radius 1 is 1.35 bits per heavy atom. The quantitative estimate of drug-likeness (QED) is 0.684. The van der Waals surface area contributed by atoms with Gasteiger partial charge in [-0.05, 0) is 31.0 Å². The van der Waals surface area contributed by atoms with Gasteiger partial charge in [-0.3, -0.25) is 4.79 Å². The molecule has 1 N–H and O–H groups in total. The van der Waals surface area contributed by atoms with E-state index in [1.165, 1.54) is 4.31 Å². The van der Waals surface area contributed by atoms with Crippen LogP contribution in [-0.4, -0.2) is 51.7 Å². The van der Waals surface area contributed by atoms with E-state index in [4.69, 9.17) is 16.3 Å². The summed E-state index contributed by atoms with van der Waals surface area (Å²) in [5, 5.41) is 3.29. The van der Waals surface area contributed by atoms with Crippen molar-refractivity contribution < 1.29 is 17.9 Å². The van der Waals surface area contributed by atoms with Gasteiger partial charge < -0.3 is 10.1 Å². The minimum absolute atomic E-state index is 0.0754. The lowest BCUT2D eigenvalue weighted by atomic mass is 10.2. The van der Waals surface area contributed by atoms with Crippen molar-refractivity contribution in [1.29, 1.82) is 0 Å². The zero-order chi connectivity index (χ0) is 17.5. The highest BCUT2D eigenvalue weighted by Gasteiger charge is 2.17. The number of aryl methyl sites for hydroxylation is 1. The topological polar surface area (TPSA) is 75.7 Å². The average molecular weight is 363 g/mol. The number of carbonyl (C=O) groups is 1. The smallest absolute Gasteiger partial charge is 0.225 e. The number of sulfonamides is 1. The van der Waals surface area contributed by atoms with E-state index in [-0.39, 0.29) is 18.9 Å². The highest BCUT2D eigenvalue weighted by molar-refractivity contribution is 7.88. The van der Waals surface area contributed by atoms with Gasteiger partial charge in [-0.15, -0.1) is 0 Å². The van der Waals surface area contributed by atoms with Crippen molar-refractivity contribution >= 4 is 33.2 Å². The molecule has 0 unspecified atom stereocenters. The van der Waals surface area contributed by atoms with E-state index >= 15 is 0 Å². The summed E-state index contributed by atoms with van der Waals surface area (Å²) in [6, 6.07) is 5.22. The number of anilines is 1. The summed E-state index contributed by atoms with van der Waals surface area (Å²) in [5.41, 5.74) is 1.52. The fourth-order valence-corrected chi connectivity index (χ4v) is 3.05. The lowest BCUT2D eigenvalue weighted by Gasteiger charge is -2.19. The van der Waals surface area contributed by atoms with Gasteiger partial charge >= 0.3 is 0 Å². The third-order valence-corrected chi connectivity index (χ3v) is 4.83. The number of amides is 1. The van der Waals surface area contributed by atoms with Gasteiger partial charge in [-0.25, -0.2) is 12.7 Å². The number of nitrogens with zero attached hydrogens (tertiary/aromatic N) is 1. The SMILES string of the molecule is COCCCN(CCC(=O)Nc1cc(Cl)ccc1C)S(C)(=O)=O. The van der Waals surface area contributed by atoms with E-state index in [1.807, 2.05) is 13.0 Å². The molecule has 0 spiro atoms. The zero-order valence-corrected chi connectivity index (χ0v) is 15.2. The minimum atomic E-state index is -3.35. The maximum atomic E-state index is 12.0. The molecule has 0 bridgehead atoms. The number of carbonyl (C=O) groups excluding carboxylic acids is 1. The molecule has 0 aliphatic rings. The summed E-state index contributed by atoms with van der Waals surface area (Å²) >= 11 is 5.91. The van der Waals surface area contributed by atoms with Crippen molar-refractivity contribution in [3.63, 3.8) is 0 Å². The van der Waals surface area contributed by atoms with Crippen molar-refractivity contribution in [2.45, 2.75) is 19.8 Å². The first-order valence-electron chi connectivity index (χ1n) is 7.24. The summed E-state index contributed by atoms with van der Waals surface area (Å²) < 4.78 is 29.7. The monoisotopic (exact) mass is 362 g/mol. The van der Waals surface area contributed by atoms with Crippen LogP contribution in [0.4, 0.5) is 5.69 Å². The first kappa shape index (κ1) is 19.9. The second-order valence-corrected chi connectivity index (χ2v) is 7.68. The second-order valence-electron chi connectivity index (χ2n) is 5.27. The first-order chi connectivity index (χ1) is 10.7. The molecule has 0 aromatic heterocycles. The number of rotatable bonds is 9. The van der Waals surface area contributed by atoms with Gasteiger partial charge in [0.05, 0.1) is 6.26 Å². The second kappa shape index (κ2) is 9.22. The molecular weight excluding hydrogens is 340 g/mol. The van der Waals surface area contributed by atoms with Crippen molar-refractivity contribution in [1.82, 2.24) is 4.31 Å². The largest absolute Gasteiger partial charge is 0.385 e. The molecule has 130 valence electrons. The molecule has 1 amide bonds. The third kappa shape index (κ3) is 7.30. The number of hydrogen-bond donors (Lipinski definition) is 1. The highest BCUT2D eigenvalue weighted by Crippen LogP contribution is 2.20. The molecule has 0 aliphatic carbocycles. The van der Waals surface area contributed by atoms with E-state index in [9.17, 15) is 13.2 Å². The summed E-state index contributed by atoms with van der Waals surface area (Å²) in [4.78, 5) is 12.0. The van der Waals surface area contributed by atoms with Crippen LogP contribution in [0.15, 0.2) is 18.2 Å². The molecule has 0 radical (unpaired) electrons. The Bertz CT molecular complexity index is 634. The number of hydrogen-bond acceptors (Lipinski definition) is 4. The minimum Gasteiger partial charge on any atom is -0.385 e. The third-order valence-electron chi connectivity index (χ3n) is 3.29. The number of methoxy groups -OCH3 is 1. The molecule has 0 heterocycles. The van der Waals surface area contributed by atoms with Crippen molar-refractivity contribution in [3.8, 4) is 0 Å². The Kier molecular flexibility index (Phi) is 7.98. The van der Waals surface area contributed by atoms with Crippen LogP contribution in [0.5, 0.6) is 0 Å². The van der Waals surface area contributed by atoms with Gasteiger partial charge in [0, 0.05) is 43.9 Å². The molecule has 0 aliphatic heterocycles. The molecule has 0 atom stereocenters. The van der Waals surface area contributed by atoms with Crippen LogP contribution < -0.4 is 5.32 Å². The summed E-state index contributed by atoms with van der Waals surface area (Å²) in [6.07, 6.45) is 1.80. The van der Waals surface area contributed by atoms with Gasteiger partial charge in [-0.2, -0.15) is 0 Å². The molecule has 1 rings (SSSR count). The Morgan fingerprint density at radius 2 is 2.04 bits per heavy atom. The van der Waals surface area contributed by atoms with E-state index in [1.54, 1.807) is 19.2 Å². The molecule has 0 fully saturated rings. The molecule has 1 aromatic carbocycles. The van der Waals surface area contributed by atoms with Crippen LogP contribution in [0.25, 0.3) is 0 Å². The van der Waals surface area contributed by atoms with Crippen LogP contribution in [0.1, 0.15) is 18.4 Å². The predicted octanol–water partition coefficient (Wildman–Crippen LogP) is 2.28. The Balaban J connectivity index is 2.59. The molecular formula is C15H23ClN2O4S. The molecule has 0 saturated carbocycles. The number of halogens is 1. The van der Waals surface area contributed by atoms with Gasteiger partial charge in [-0.1, -0.05) is 17.7 Å². The maximum Gasteiger partial charge on any atom is 0.225 e. The van der Waals surface area contributed by atoms with E-state index in [0.717, 1.165) is 11.8 Å². The van der Waals surface area contributed by atoms with Crippen LogP contribution in [0.2, 0.25) is 5.02 Å².